The molecular formula is C15H20FNO. The Bertz CT molecular complexity index is 539. The molecule has 0 aliphatic heterocycles. The van der Waals surface area contributed by atoms with Crippen molar-refractivity contribution in [3.05, 3.63) is 35.8 Å². The fourth-order valence-corrected chi connectivity index (χ4v) is 1.92. The van der Waals surface area contributed by atoms with E-state index in [9.17, 15) is 4.39 Å². The first-order chi connectivity index (χ1) is 8.36. The van der Waals surface area contributed by atoms with E-state index in [2.05, 4.69) is 20.8 Å². The highest BCUT2D eigenvalue weighted by Crippen LogP contribution is 2.24. The lowest BCUT2D eigenvalue weighted by Gasteiger charge is -2.26. The number of hydrogen-bond donors (Lipinski definition) is 1. The van der Waals surface area contributed by atoms with Gasteiger partial charge in [-0.2, -0.15) is 0 Å². The van der Waals surface area contributed by atoms with Gasteiger partial charge in [-0.15, -0.1) is 0 Å². The average Bonchev–Trinajstić information content (AvgIpc) is 2.66. The van der Waals surface area contributed by atoms with E-state index in [0.717, 1.165) is 29.6 Å². The van der Waals surface area contributed by atoms with Crippen molar-refractivity contribution in [2.75, 3.05) is 0 Å². The summed E-state index contributed by atoms with van der Waals surface area (Å²) >= 11 is 0. The molecule has 98 valence electrons. The van der Waals surface area contributed by atoms with Gasteiger partial charge in [0.1, 0.15) is 17.2 Å². The monoisotopic (exact) mass is 249 g/mol. The predicted octanol–water partition coefficient (Wildman–Crippen LogP) is 3.88. The molecule has 0 saturated carbocycles. The van der Waals surface area contributed by atoms with Gasteiger partial charge in [-0.05, 0) is 36.1 Å². The molecule has 2 nitrogen and oxygen atoms in total. The highest BCUT2D eigenvalue weighted by atomic mass is 19.1. The van der Waals surface area contributed by atoms with Crippen molar-refractivity contribution >= 4 is 11.0 Å². The number of aryl methyl sites for hydroxylation is 1. The summed E-state index contributed by atoms with van der Waals surface area (Å²) in [5.41, 5.74) is 6.94. The molecule has 2 aromatic rings. The Morgan fingerprint density at radius 1 is 1.28 bits per heavy atom. The molecule has 0 fully saturated rings. The molecule has 0 bridgehead atoms. The molecule has 1 atom stereocenters. The van der Waals surface area contributed by atoms with Gasteiger partial charge < -0.3 is 10.2 Å². The zero-order chi connectivity index (χ0) is 13.3. The zero-order valence-electron chi connectivity index (χ0n) is 11.2. The minimum Gasteiger partial charge on any atom is -0.461 e. The van der Waals surface area contributed by atoms with Gasteiger partial charge in [-0.1, -0.05) is 20.8 Å². The minimum atomic E-state index is -0.235. The van der Waals surface area contributed by atoms with E-state index in [0.29, 0.717) is 0 Å². The van der Waals surface area contributed by atoms with Crippen LogP contribution in [-0.4, -0.2) is 6.04 Å². The maximum Gasteiger partial charge on any atom is 0.134 e. The third kappa shape index (κ3) is 2.91. The van der Waals surface area contributed by atoms with Gasteiger partial charge in [-0.3, -0.25) is 0 Å². The standard InChI is InChI=1S/C15H20FNO/c1-15(2,3)14(17)7-5-12-9-10-8-11(16)4-6-13(10)18-12/h4,6,8-9,14H,5,7,17H2,1-3H3. The molecule has 0 amide bonds. The second-order valence-corrected chi connectivity index (χ2v) is 5.91. The fourth-order valence-electron chi connectivity index (χ4n) is 1.92. The summed E-state index contributed by atoms with van der Waals surface area (Å²) in [7, 11) is 0. The van der Waals surface area contributed by atoms with E-state index in [1.54, 1.807) is 6.07 Å². The van der Waals surface area contributed by atoms with Crippen molar-refractivity contribution in [2.24, 2.45) is 11.1 Å². The van der Waals surface area contributed by atoms with Crippen LogP contribution in [0.25, 0.3) is 11.0 Å². The maximum absolute atomic E-state index is 13.1. The number of rotatable bonds is 3. The number of hydrogen-bond acceptors (Lipinski definition) is 2. The lowest BCUT2D eigenvalue weighted by atomic mass is 9.84. The quantitative estimate of drug-likeness (QED) is 0.896. The largest absolute Gasteiger partial charge is 0.461 e. The van der Waals surface area contributed by atoms with Crippen molar-refractivity contribution in [3.8, 4) is 0 Å². The van der Waals surface area contributed by atoms with Gasteiger partial charge in [-0.25, -0.2) is 4.39 Å². The Hall–Kier alpha value is -1.35. The first-order valence-corrected chi connectivity index (χ1v) is 6.30. The molecule has 2 rings (SSSR count). The average molecular weight is 249 g/mol. The maximum atomic E-state index is 13.1. The van der Waals surface area contributed by atoms with Crippen LogP contribution in [-0.2, 0) is 6.42 Å². The van der Waals surface area contributed by atoms with Crippen LogP contribution in [0.4, 0.5) is 4.39 Å². The van der Waals surface area contributed by atoms with Crippen LogP contribution in [0, 0.1) is 11.2 Å². The van der Waals surface area contributed by atoms with Crippen LogP contribution in [0.5, 0.6) is 0 Å². The van der Waals surface area contributed by atoms with Gasteiger partial charge in [0.25, 0.3) is 0 Å². The molecular weight excluding hydrogens is 229 g/mol. The summed E-state index contributed by atoms with van der Waals surface area (Å²) in [6, 6.07) is 6.59. The first kappa shape index (κ1) is 13.1. The Balaban J connectivity index is 2.09. The summed E-state index contributed by atoms with van der Waals surface area (Å²) in [5.74, 6) is 0.636. The van der Waals surface area contributed by atoms with Crippen molar-refractivity contribution in [1.82, 2.24) is 0 Å². The normalized spacial score (nSPS) is 14.1. The van der Waals surface area contributed by atoms with Gasteiger partial charge in [0.05, 0.1) is 0 Å². The third-order valence-corrected chi connectivity index (χ3v) is 3.34. The molecule has 3 heteroatoms. The van der Waals surface area contributed by atoms with Crippen LogP contribution in [0.1, 0.15) is 33.0 Å². The van der Waals surface area contributed by atoms with E-state index in [1.807, 2.05) is 6.07 Å². The predicted molar refractivity (Wildman–Crippen MR) is 71.9 cm³/mol. The van der Waals surface area contributed by atoms with Crippen molar-refractivity contribution < 1.29 is 8.81 Å². The smallest absolute Gasteiger partial charge is 0.134 e. The summed E-state index contributed by atoms with van der Waals surface area (Å²) in [4.78, 5) is 0. The van der Waals surface area contributed by atoms with E-state index in [4.69, 9.17) is 10.2 Å². The molecule has 1 heterocycles. The highest BCUT2D eigenvalue weighted by molar-refractivity contribution is 5.77. The van der Waals surface area contributed by atoms with Crippen LogP contribution in [0.15, 0.2) is 28.7 Å². The number of halogens is 1. The number of furan rings is 1. The summed E-state index contributed by atoms with van der Waals surface area (Å²) in [6.45, 7) is 6.39. The fraction of sp³-hybridized carbons (Fsp3) is 0.467. The van der Waals surface area contributed by atoms with E-state index in [1.165, 1.54) is 12.1 Å². The van der Waals surface area contributed by atoms with Crippen LogP contribution in [0.2, 0.25) is 0 Å². The molecule has 2 N–H and O–H groups in total. The SMILES string of the molecule is CC(C)(C)C(N)CCc1cc2cc(F)ccc2o1. The molecule has 0 radical (unpaired) electrons. The molecule has 1 aromatic carbocycles. The Morgan fingerprint density at radius 3 is 2.67 bits per heavy atom. The lowest BCUT2D eigenvalue weighted by Crippen LogP contribution is -2.35. The van der Waals surface area contributed by atoms with Crippen LogP contribution >= 0.6 is 0 Å². The summed E-state index contributed by atoms with van der Waals surface area (Å²) in [6.07, 6.45) is 1.65. The molecule has 1 unspecified atom stereocenters. The van der Waals surface area contributed by atoms with Crippen LogP contribution in [0.3, 0.4) is 0 Å². The summed E-state index contributed by atoms with van der Waals surface area (Å²) < 4.78 is 18.7. The second-order valence-electron chi connectivity index (χ2n) is 5.91. The van der Waals surface area contributed by atoms with Crippen molar-refractivity contribution in [1.29, 1.82) is 0 Å². The highest BCUT2D eigenvalue weighted by Gasteiger charge is 2.20. The van der Waals surface area contributed by atoms with E-state index in [-0.39, 0.29) is 17.3 Å². The Kier molecular flexibility index (Phi) is 3.44. The molecule has 0 aliphatic carbocycles. The topological polar surface area (TPSA) is 39.2 Å². The molecule has 0 spiro atoms. The molecule has 0 saturated heterocycles. The van der Waals surface area contributed by atoms with Crippen molar-refractivity contribution in [3.63, 3.8) is 0 Å². The van der Waals surface area contributed by atoms with E-state index < -0.39 is 0 Å². The van der Waals surface area contributed by atoms with E-state index >= 15 is 0 Å². The lowest BCUT2D eigenvalue weighted by molar-refractivity contribution is 0.301. The zero-order valence-corrected chi connectivity index (χ0v) is 11.2. The third-order valence-electron chi connectivity index (χ3n) is 3.34. The number of nitrogens with two attached hydrogens (primary N) is 1. The second kappa shape index (κ2) is 4.73. The molecule has 0 aliphatic rings. The minimum absolute atomic E-state index is 0.0954. The summed E-state index contributed by atoms with van der Waals surface area (Å²) in [5, 5.41) is 0.814. The Labute approximate surface area is 107 Å². The molecule has 1 aromatic heterocycles. The van der Waals surface area contributed by atoms with Crippen LogP contribution < -0.4 is 5.73 Å². The Morgan fingerprint density at radius 2 is 2.00 bits per heavy atom. The van der Waals surface area contributed by atoms with Crippen molar-refractivity contribution in [2.45, 2.75) is 39.7 Å². The molecule has 18 heavy (non-hydrogen) atoms. The number of fused-ring (bicyclic) bond motifs is 1. The first-order valence-electron chi connectivity index (χ1n) is 6.30. The van der Waals surface area contributed by atoms with Gasteiger partial charge in [0.15, 0.2) is 0 Å². The van der Waals surface area contributed by atoms with Gasteiger partial charge in [0.2, 0.25) is 0 Å². The number of benzene rings is 1. The van der Waals surface area contributed by atoms with Gasteiger partial charge >= 0.3 is 0 Å². The van der Waals surface area contributed by atoms with Gasteiger partial charge in [0, 0.05) is 17.8 Å².